The molecule has 1 aliphatic rings. The second-order valence-electron chi connectivity index (χ2n) is 4.71. The molecule has 0 fully saturated rings. The molecular weight excluding hydrogens is 200 g/mol. The van der Waals surface area contributed by atoms with Crippen molar-refractivity contribution in [3.8, 4) is 5.75 Å². The van der Waals surface area contributed by atoms with Gasteiger partial charge in [-0.15, -0.1) is 0 Å². The number of carbonyl (C=O) groups is 1. The van der Waals surface area contributed by atoms with Crippen LogP contribution < -0.4 is 4.74 Å². The standard InChI is InChI=1S/C14H18O2/c1-10(2)13(15)8-7-12-9-11-5-3-4-6-14(11)16-12/h3-6,10,12H,7-9H2,1-2H3. The van der Waals surface area contributed by atoms with Crippen molar-refractivity contribution in [3.05, 3.63) is 29.8 Å². The van der Waals surface area contributed by atoms with Crippen LogP contribution in [0.4, 0.5) is 0 Å². The minimum Gasteiger partial charge on any atom is -0.490 e. The molecule has 0 saturated heterocycles. The van der Waals surface area contributed by atoms with E-state index in [1.165, 1.54) is 5.56 Å². The summed E-state index contributed by atoms with van der Waals surface area (Å²) in [5.74, 6) is 1.47. The summed E-state index contributed by atoms with van der Waals surface area (Å²) in [6.45, 7) is 3.90. The molecule has 0 spiro atoms. The molecule has 0 aromatic heterocycles. The first kappa shape index (κ1) is 11.2. The summed E-state index contributed by atoms with van der Waals surface area (Å²) in [7, 11) is 0. The molecule has 1 aromatic rings. The minimum atomic E-state index is 0.142. The van der Waals surface area contributed by atoms with Crippen molar-refractivity contribution in [3.63, 3.8) is 0 Å². The van der Waals surface area contributed by atoms with Crippen molar-refractivity contribution >= 4 is 5.78 Å². The maximum Gasteiger partial charge on any atom is 0.135 e. The lowest BCUT2D eigenvalue weighted by molar-refractivity contribution is -0.122. The van der Waals surface area contributed by atoms with E-state index in [9.17, 15) is 4.79 Å². The summed E-state index contributed by atoms with van der Waals surface area (Å²) >= 11 is 0. The minimum absolute atomic E-state index is 0.142. The fraction of sp³-hybridized carbons (Fsp3) is 0.500. The van der Waals surface area contributed by atoms with E-state index >= 15 is 0 Å². The van der Waals surface area contributed by atoms with Gasteiger partial charge in [-0.3, -0.25) is 4.79 Å². The Morgan fingerprint density at radius 3 is 2.88 bits per heavy atom. The van der Waals surface area contributed by atoms with Crippen molar-refractivity contribution in [2.45, 2.75) is 39.2 Å². The molecule has 1 aromatic carbocycles. The number of fused-ring (bicyclic) bond motifs is 1. The molecule has 1 unspecified atom stereocenters. The molecular formula is C14H18O2. The number of para-hydroxylation sites is 1. The number of ketones is 1. The van der Waals surface area contributed by atoms with Gasteiger partial charge in [-0.25, -0.2) is 0 Å². The third-order valence-corrected chi connectivity index (χ3v) is 3.07. The van der Waals surface area contributed by atoms with Crippen LogP contribution in [0.1, 0.15) is 32.3 Å². The molecule has 2 nitrogen and oxygen atoms in total. The summed E-state index contributed by atoms with van der Waals surface area (Å²) < 4.78 is 5.78. The van der Waals surface area contributed by atoms with Crippen LogP contribution in [0.5, 0.6) is 5.75 Å². The Hall–Kier alpha value is -1.31. The van der Waals surface area contributed by atoms with E-state index in [4.69, 9.17) is 4.74 Å². The van der Waals surface area contributed by atoms with Crippen LogP contribution in [-0.4, -0.2) is 11.9 Å². The summed E-state index contributed by atoms with van der Waals surface area (Å²) in [5, 5.41) is 0. The molecule has 0 radical (unpaired) electrons. The zero-order chi connectivity index (χ0) is 11.5. The van der Waals surface area contributed by atoms with Crippen LogP contribution in [0.3, 0.4) is 0 Å². The smallest absolute Gasteiger partial charge is 0.135 e. The molecule has 86 valence electrons. The van der Waals surface area contributed by atoms with Gasteiger partial charge in [0.25, 0.3) is 0 Å². The van der Waals surface area contributed by atoms with Crippen molar-refractivity contribution in [2.75, 3.05) is 0 Å². The quantitative estimate of drug-likeness (QED) is 0.776. The van der Waals surface area contributed by atoms with Gasteiger partial charge in [-0.1, -0.05) is 32.0 Å². The highest BCUT2D eigenvalue weighted by molar-refractivity contribution is 5.80. The maximum atomic E-state index is 11.5. The number of Topliss-reactive ketones (excluding diaryl/α,β-unsaturated/α-hetero) is 1. The number of hydrogen-bond acceptors (Lipinski definition) is 2. The second-order valence-corrected chi connectivity index (χ2v) is 4.71. The number of hydrogen-bond donors (Lipinski definition) is 0. The van der Waals surface area contributed by atoms with Gasteiger partial charge in [0.1, 0.15) is 17.6 Å². The molecule has 1 aliphatic heterocycles. The molecule has 2 rings (SSSR count). The van der Waals surface area contributed by atoms with E-state index in [2.05, 4.69) is 6.07 Å². The number of rotatable bonds is 4. The molecule has 0 N–H and O–H groups in total. The van der Waals surface area contributed by atoms with Crippen LogP contribution in [0, 0.1) is 5.92 Å². The zero-order valence-electron chi connectivity index (χ0n) is 9.90. The van der Waals surface area contributed by atoms with Crippen molar-refractivity contribution in [2.24, 2.45) is 5.92 Å². The molecule has 0 bridgehead atoms. The van der Waals surface area contributed by atoms with Crippen LogP contribution >= 0.6 is 0 Å². The zero-order valence-corrected chi connectivity index (χ0v) is 9.90. The number of carbonyl (C=O) groups excluding carboxylic acids is 1. The summed E-state index contributed by atoms with van der Waals surface area (Å²) in [5.41, 5.74) is 1.27. The topological polar surface area (TPSA) is 26.3 Å². The van der Waals surface area contributed by atoms with Crippen molar-refractivity contribution in [1.29, 1.82) is 0 Å². The molecule has 0 aliphatic carbocycles. The monoisotopic (exact) mass is 218 g/mol. The Balaban J connectivity index is 1.86. The average molecular weight is 218 g/mol. The van der Waals surface area contributed by atoms with Gasteiger partial charge >= 0.3 is 0 Å². The fourth-order valence-corrected chi connectivity index (χ4v) is 2.01. The Kier molecular flexibility index (Phi) is 3.28. The van der Waals surface area contributed by atoms with Gasteiger partial charge in [-0.05, 0) is 18.1 Å². The van der Waals surface area contributed by atoms with Crippen LogP contribution in [-0.2, 0) is 11.2 Å². The average Bonchev–Trinajstić information content (AvgIpc) is 2.68. The Morgan fingerprint density at radius 2 is 2.19 bits per heavy atom. The lowest BCUT2D eigenvalue weighted by Gasteiger charge is -2.10. The molecule has 0 amide bonds. The van der Waals surface area contributed by atoms with Gasteiger partial charge in [0.2, 0.25) is 0 Å². The van der Waals surface area contributed by atoms with Gasteiger partial charge in [0, 0.05) is 18.8 Å². The Labute approximate surface area is 96.6 Å². The lowest BCUT2D eigenvalue weighted by Crippen LogP contribution is -2.16. The van der Waals surface area contributed by atoms with Gasteiger partial charge in [0.15, 0.2) is 0 Å². The summed E-state index contributed by atoms with van der Waals surface area (Å²) in [4.78, 5) is 11.5. The highest BCUT2D eigenvalue weighted by Crippen LogP contribution is 2.30. The van der Waals surface area contributed by atoms with Crippen LogP contribution in [0.25, 0.3) is 0 Å². The van der Waals surface area contributed by atoms with Gasteiger partial charge in [-0.2, -0.15) is 0 Å². The third kappa shape index (κ3) is 2.43. The van der Waals surface area contributed by atoms with E-state index < -0.39 is 0 Å². The molecule has 1 atom stereocenters. The molecule has 1 heterocycles. The molecule has 16 heavy (non-hydrogen) atoms. The van der Waals surface area contributed by atoms with E-state index in [-0.39, 0.29) is 12.0 Å². The van der Waals surface area contributed by atoms with Gasteiger partial charge in [0.05, 0.1) is 0 Å². The number of benzene rings is 1. The first-order valence-corrected chi connectivity index (χ1v) is 5.94. The normalized spacial score (nSPS) is 18.3. The van der Waals surface area contributed by atoms with Crippen LogP contribution in [0.15, 0.2) is 24.3 Å². The van der Waals surface area contributed by atoms with Crippen molar-refractivity contribution in [1.82, 2.24) is 0 Å². The largest absolute Gasteiger partial charge is 0.490 e. The molecule has 2 heteroatoms. The fourth-order valence-electron chi connectivity index (χ4n) is 2.01. The van der Waals surface area contributed by atoms with E-state index in [0.717, 1.165) is 18.6 Å². The summed E-state index contributed by atoms with van der Waals surface area (Å²) in [6, 6.07) is 8.11. The Bertz CT molecular complexity index is 357. The van der Waals surface area contributed by atoms with E-state index in [0.29, 0.717) is 12.2 Å². The first-order valence-electron chi connectivity index (χ1n) is 5.94. The second kappa shape index (κ2) is 4.69. The van der Waals surface area contributed by atoms with Gasteiger partial charge < -0.3 is 4.74 Å². The first-order chi connectivity index (χ1) is 7.66. The lowest BCUT2D eigenvalue weighted by atomic mass is 10.0. The van der Waals surface area contributed by atoms with Crippen molar-refractivity contribution < 1.29 is 9.53 Å². The Morgan fingerprint density at radius 1 is 1.44 bits per heavy atom. The SMILES string of the molecule is CC(C)C(=O)CCC1Cc2ccccc2O1. The predicted octanol–water partition coefficient (Wildman–Crippen LogP) is 3.00. The molecule has 0 saturated carbocycles. The highest BCUT2D eigenvalue weighted by Gasteiger charge is 2.23. The predicted molar refractivity (Wildman–Crippen MR) is 63.6 cm³/mol. The number of ether oxygens (including phenoxy) is 1. The third-order valence-electron chi connectivity index (χ3n) is 3.07. The van der Waals surface area contributed by atoms with E-state index in [1.54, 1.807) is 0 Å². The van der Waals surface area contributed by atoms with E-state index in [1.807, 2.05) is 32.0 Å². The highest BCUT2D eigenvalue weighted by atomic mass is 16.5. The van der Waals surface area contributed by atoms with Crippen LogP contribution in [0.2, 0.25) is 0 Å². The summed E-state index contributed by atoms with van der Waals surface area (Å²) in [6.07, 6.45) is 2.61. The maximum absolute atomic E-state index is 11.5.